The first-order valence-electron chi connectivity index (χ1n) is 9.91. The van der Waals surface area contributed by atoms with E-state index in [4.69, 9.17) is 5.11 Å². The predicted molar refractivity (Wildman–Crippen MR) is 116 cm³/mol. The van der Waals surface area contributed by atoms with Gasteiger partial charge in [-0.25, -0.2) is 19.2 Å². The van der Waals surface area contributed by atoms with Crippen molar-refractivity contribution in [2.45, 2.75) is 25.8 Å². The summed E-state index contributed by atoms with van der Waals surface area (Å²) in [6.07, 6.45) is 2.37. The fraction of sp³-hybridized carbons (Fsp3) is 0.286. The minimum absolute atomic E-state index is 0.202. The van der Waals surface area contributed by atoms with E-state index in [1.54, 1.807) is 37.8 Å². The average Bonchev–Trinajstić information content (AvgIpc) is 3.28. The molecule has 4 rings (SSSR count). The van der Waals surface area contributed by atoms with Crippen LogP contribution >= 0.6 is 0 Å². The number of nitrogens with one attached hydrogen (secondary N) is 3. The van der Waals surface area contributed by atoms with Crippen LogP contribution in [0.4, 0.5) is 9.18 Å². The van der Waals surface area contributed by atoms with E-state index in [9.17, 15) is 14.0 Å². The molecule has 10 nitrogen and oxygen atoms in total. The summed E-state index contributed by atoms with van der Waals surface area (Å²) in [5.74, 6) is -0.727. The predicted octanol–water partition coefficient (Wildman–Crippen LogP) is 2.82. The highest BCUT2D eigenvalue weighted by atomic mass is 19.1. The number of halogens is 1. The Bertz CT molecular complexity index is 1340. The van der Waals surface area contributed by atoms with Crippen LogP contribution in [-0.4, -0.2) is 53.9 Å². The molecule has 0 aliphatic rings. The molecule has 1 aromatic carbocycles. The first kappa shape index (κ1) is 21.2. The lowest BCUT2D eigenvalue weighted by atomic mass is 10.00. The van der Waals surface area contributed by atoms with Gasteiger partial charge in [0, 0.05) is 30.7 Å². The Labute approximate surface area is 181 Å². The van der Waals surface area contributed by atoms with E-state index >= 15 is 0 Å². The number of aromatic amines is 1. The normalized spacial score (nSPS) is 11.8. The van der Waals surface area contributed by atoms with Crippen molar-refractivity contribution >= 4 is 34.1 Å². The molecule has 3 aromatic heterocycles. The Morgan fingerprint density at radius 2 is 2.09 bits per heavy atom. The minimum Gasteiger partial charge on any atom is -0.465 e. The van der Waals surface area contributed by atoms with Gasteiger partial charge in [-0.1, -0.05) is 0 Å². The summed E-state index contributed by atoms with van der Waals surface area (Å²) < 4.78 is 15.2. The highest BCUT2D eigenvalue weighted by molar-refractivity contribution is 6.05. The van der Waals surface area contributed by atoms with Crippen molar-refractivity contribution in [3.05, 3.63) is 42.0 Å². The van der Waals surface area contributed by atoms with Crippen molar-refractivity contribution in [1.29, 1.82) is 0 Å². The number of hydrogen-bond acceptors (Lipinski definition) is 5. The molecule has 0 aliphatic carbocycles. The van der Waals surface area contributed by atoms with Crippen LogP contribution in [-0.2, 0) is 7.05 Å². The van der Waals surface area contributed by atoms with Crippen LogP contribution in [0.15, 0.2) is 30.6 Å². The number of fused-ring (bicyclic) bond motifs is 2. The van der Waals surface area contributed by atoms with Gasteiger partial charge in [-0.2, -0.15) is 5.10 Å². The maximum Gasteiger partial charge on any atom is 0.404 e. The Morgan fingerprint density at radius 1 is 1.31 bits per heavy atom. The molecule has 4 N–H and O–H groups in total. The third-order valence-corrected chi connectivity index (χ3v) is 5.16. The van der Waals surface area contributed by atoms with Crippen molar-refractivity contribution in [3.63, 3.8) is 0 Å². The highest BCUT2D eigenvalue weighted by Crippen LogP contribution is 2.28. The molecule has 0 unspecified atom stereocenters. The van der Waals surface area contributed by atoms with Crippen LogP contribution in [0.3, 0.4) is 0 Å². The monoisotopic (exact) mass is 439 g/mol. The SMILES string of the molecule is Cn1nc(-c2cnc3[nH]cc(C(=O)NC(C)(C)CCNC(=O)O)c3n2)c2ccc(F)cc21. The third-order valence-electron chi connectivity index (χ3n) is 5.16. The van der Waals surface area contributed by atoms with E-state index in [1.807, 2.05) is 0 Å². The fourth-order valence-corrected chi connectivity index (χ4v) is 3.52. The van der Waals surface area contributed by atoms with Crippen molar-refractivity contribution in [1.82, 2.24) is 35.4 Å². The van der Waals surface area contributed by atoms with Crippen LogP contribution in [0.25, 0.3) is 33.5 Å². The minimum atomic E-state index is -1.11. The lowest BCUT2D eigenvalue weighted by Gasteiger charge is -2.26. The standard InChI is InChI=1S/C21H22FN7O3/c1-21(2,6-7-23-20(31)32)27-19(30)13-9-24-18-17(13)26-14(10-25-18)16-12-5-4-11(22)8-15(12)29(3)28-16/h4-5,8-10,23H,6-7H2,1-3H3,(H,24,25)(H,27,30)(H,31,32). The number of H-pyrrole nitrogens is 1. The number of aryl methyl sites for hydroxylation is 1. The van der Waals surface area contributed by atoms with Gasteiger partial charge in [0.05, 0.1) is 17.3 Å². The van der Waals surface area contributed by atoms with Gasteiger partial charge in [-0.15, -0.1) is 0 Å². The van der Waals surface area contributed by atoms with E-state index < -0.39 is 11.6 Å². The molecule has 166 valence electrons. The van der Waals surface area contributed by atoms with Gasteiger partial charge >= 0.3 is 6.09 Å². The summed E-state index contributed by atoms with van der Waals surface area (Å²) in [5.41, 5.74) is 2.06. The molecule has 0 aliphatic heterocycles. The lowest BCUT2D eigenvalue weighted by Crippen LogP contribution is -2.45. The maximum atomic E-state index is 13.6. The molecule has 0 spiro atoms. The number of amides is 2. The quantitative estimate of drug-likeness (QED) is 0.364. The van der Waals surface area contributed by atoms with Gasteiger partial charge in [0.15, 0.2) is 5.65 Å². The average molecular weight is 439 g/mol. The summed E-state index contributed by atoms with van der Waals surface area (Å²) in [7, 11) is 1.72. The van der Waals surface area contributed by atoms with Gasteiger partial charge in [-0.05, 0) is 38.5 Å². The number of carbonyl (C=O) groups excluding carboxylic acids is 1. The van der Waals surface area contributed by atoms with Crippen LogP contribution in [0.5, 0.6) is 0 Å². The molecule has 4 aromatic rings. The first-order chi connectivity index (χ1) is 15.1. The topological polar surface area (TPSA) is 138 Å². The zero-order valence-corrected chi connectivity index (χ0v) is 17.7. The lowest BCUT2D eigenvalue weighted by molar-refractivity contribution is 0.0911. The van der Waals surface area contributed by atoms with Crippen LogP contribution < -0.4 is 10.6 Å². The number of carbonyl (C=O) groups is 2. The Morgan fingerprint density at radius 3 is 2.84 bits per heavy atom. The second kappa shape index (κ2) is 7.91. The van der Waals surface area contributed by atoms with Crippen LogP contribution in [0.1, 0.15) is 30.6 Å². The van der Waals surface area contributed by atoms with Crippen molar-refractivity contribution in [3.8, 4) is 11.4 Å². The fourth-order valence-electron chi connectivity index (χ4n) is 3.52. The summed E-state index contributed by atoms with van der Waals surface area (Å²) in [6, 6.07) is 4.39. The number of benzene rings is 1. The van der Waals surface area contributed by atoms with Gasteiger partial charge < -0.3 is 20.7 Å². The summed E-state index contributed by atoms with van der Waals surface area (Å²) >= 11 is 0. The molecule has 0 atom stereocenters. The molecule has 0 radical (unpaired) electrons. The van der Waals surface area contributed by atoms with Crippen molar-refractivity contribution in [2.24, 2.45) is 7.05 Å². The number of aromatic nitrogens is 5. The van der Waals surface area contributed by atoms with E-state index in [-0.39, 0.29) is 18.3 Å². The van der Waals surface area contributed by atoms with E-state index in [0.717, 1.165) is 5.39 Å². The molecular formula is C21H22FN7O3. The number of rotatable bonds is 6. The molecule has 11 heteroatoms. The first-order valence-corrected chi connectivity index (χ1v) is 9.91. The second-order valence-corrected chi connectivity index (χ2v) is 8.11. The molecule has 2 amide bonds. The van der Waals surface area contributed by atoms with E-state index in [1.165, 1.54) is 18.3 Å². The molecule has 0 saturated heterocycles. The van der Waals surface area contributed by atoms with Crippen molar-refractivity contribution < 1.29 is 19.1 Å². The van der Waals surface area contributed by atoms with Gasteiger partial charge in [0.1, 0.15) is 22.7 Å². The van der Waals surface area contributed by atoms with Gasteiger partial charge in [0.25, 0.3) is 5.91 Å². The number of carboxylic acid groups (broad SMARTS) is 1. The summed E-state index contributed by atoms with van der Waals surface area (Å²) in [5, 5.41) is 19.1. The molecule has 3 heterocycles. The molecule has 0 bridgehead atoms. The Hall–Kier alpha value is -4.02. The zero-order valence-electron chi connectivity index (χ0n) is 17.7. The summed E-state index contributed by atoms with van der Waals surface area (Å²) in [6.45, 7) is 3.81. The third kappa shape index (κ3) is 4.09. The zero-order chi connectivity index (χ0) is 23.0. The van der Waals surface area contributed by atoms with Gasteiger partial charge in [0.2, 0.25) is 0 Å². The molecule has 0 saturated carbocycles. The second-order valence-electron chi connectivity index (χ2n) is 8.11. The Kier molecular flexibility index (Phi) is 5.25. The van der Waals surface area contributed by atoms with Crippen LogP contribution in [0, 0.1) is 5.82 Å². The summed E-state index contributed by atoms with van der Waals surface area (Å²) in [4.78, 5) is 35.5. The van der Waals surface area contributed by atoms with Gasteiger partial charge in [-0.3, -0.25) is 9.48 Å². The number of hydrogen-bond donors (Lipinski definition) is 4. The van der Waals surface area contributed by atoms with Crippen LogP contribution in [0.2, 0.25) is 0 Å². The van der Waals surface area contributed by atoms with E-state index in [2.05, 4.69) is 30.7 Å². The smallest absolute Gasteiger partial charge is 0.404 e. The van der Waals surface area contributed by atoms with Crippen molar-refractivity contribution in [2.75, 3.05) is 6.54 Å². The molecular weight excluding hydrogens is 417 g/mol. The Balaban J connectivity index is 1.65. The maximum absolute atomic E-state index is 13.6. The number of nitrogens with zero attached hydrogens (tertiary/aromatic N) is 4. The largest absolute Gasteiger partial charge is 0.465 e. The molecule has 32 heavy (non-hydrogen) atoms. The highest BCUT2D eigenvalue weighted by Gasteiger charge is 2.24. The van der Waals surface area contributed by atoms with E-state index in [0.29, 0.717) is 40.1 Å². The molecule has 0 fully saturated rings.